The molecule has 31 heavy (non-hydrogen) atoms. The number of rotatable bonds is 4. The van der Waals surface area contributed by atoms with Crippen molar-refractivity contribution in [3.63, 3.8) is 0 Å². The first-order valence-electron chi connectivity index (χ1n) is 10.1. The Morgan fingerprint density at radius 3 is 2.52 bits per heavy atom. The van der Waals surface area contributed by atoms with E-state index in [2.05, 4.69) is 4.98 Å². The maximum atomic E-state index is 13.5. The molecule has 2 aliphatic rings. The Morgan fingerprint density at radius 2 is 1.81 bits per heavy atom. The van der Waals surface area contributed by atoms with Gasteiger partial charge in [0, 0.05) is 31.2 Å². The van der Waals surface area contributed by atoms with Crippen molar-refractivity contribution >= 4 is 26.8 Å². The zero-order valence-electron chi connectivity index (χ0n) is 16.7. The molecule has 0 aliphatic carbocycles. The van der Waals surface area contributed by atoms with Gasteiger partial charge in [-0.05, 0) is 42.5 Å². The number of hydroxylamine groups is 2. The smallest absolute Gasteiger partial charge is 0.296 e. The van der Waals surface area contributed by atoms with Gasteiger partial charge in [-0.1, -0.05) is 12.1 Å². The molecule has 4 heterocycles. The Morgan fingerprint density at radius 1 is 1.10 bits per heavy atom. The molecule has 10 heteroatoms. The SMILES string of the molecule is O=C1c2ncc3c(c(S(=O)(=O)N4CCCC4)cn3Cc3ccc(F)cc3)c2CCN1O. The predicted molar refractivity (Wildman–Crippen MR) is 110 cm³/mol. The molecule has 1 N–H and O–H groups in total. The molecule has 1 aromatic carbocycles. The number of benzene rings is 1. The molecule has 0 bridgehead atoms. The highest BCUT2D eigenvalue weighted by atomic mass is 32.2. The topological polar surface area (TPSA) is 95.7 Å². The zero-order valence-corrected chi connectivity index (χ0v) is 17.5. The van der Waals surface area contributed by atoms with Crippen LogP contribution in [0.1, 0.15) is 34.5 Å². The predicted octanol–water partition coefficient (Wildman–Crippen LogP) is 2.40. The van der Waals surface area contributed by atoms with Crippen LogP contribution < -0.4 is 0 Å². The fourth-order valence-corrected chi connectivity index (χ4v) is 6.12. The van der Waals surface area contributed by atoms with Crippen molar-refractivity contribution in [2.24, 2.45) is 0 Å². The van der Waals surface area contributed by atoms with Gasteiger partial charge < -0.3 is 4.57 Å². The third kappa shape index (κ3) is 3.31. The molecular formula is C21H21FN4O4S. The number of carbonyl (C=O) groups is 1. The summed E-state index contributed by atoms with van der Waals surface area (Å²) in [6.07, 6.45) is 4.97. The van der Waals surface area contributed by atoms with Crippen molar-refractivity contribution in [2.75, 3.05) is 19.6 Å². The van der Waals surface area contributed by atoms with Gasteiger partial charge in [0.2, 0.25) is 10.0 Å². The van der Waals surface area contributed by atoms with E-state index in [-0.39, 0.29) is 23.0 Å². The summed E-state index contributed by atoms with van der Waals surface area (Å²) >= 11 is 0. The molecule has 0 unspecified atom stereocenters. The van der Waals surface area contributed by atoms with Crippen molar-refractivity contribution in [2.45, 2.75) is 30.7 Å². The summed E-state index contributed by atoms with van der Waals surface area (Å²) in [5, 5.41) is 10.9. The molecule has 0 spiro atoms. The molecule has 3 aromatic rings. The van der Waals surface area contributed by atoms with E-state index in [0.29, 0.717) is 47.6 Å². The maximum absolute atomic E-state index is 13.5. The number of sulfonamides is 1. The number of carbonyl (C=O) groups excluding carboxylic acids is 1. The van der Waals surface area contributed by atoms with Crippen LogP contribution in [-0.2, 0) is 23.0 Å². The molecule has 2 aliphatic heterocycles. The van der Waals surface area contributed by atoms with Gasteiger partial charge in [0.15, 0.2) is 0 Å². The second kappa shape index (κ2) is 7.40. The number of hydrogen-bond donors (Lipinski definition) is 1. The molecule has 1 saturated heterocycles. The van der Waals surface area contributed by atoms with E-state index in [4.69, 9.17) is 0 Å². The lowest BCUT2D eigenvalue weighted by atomic mass is 10.0. The number of halogens is 1. The number of aromatic nitrogens is 2. The highest BCUT2D eigenvalue weighted by molar-refractivity contribution is 7.89. The van der Waals surface area contributed by atoms with Crippen LogP contribution in [0.3, 0.4) is 0 Å². The van der Waals surface area contributed by atoms with Crippen LogP contribution in [0.5, 0.6) is 0 Å². The zero-order chi connectivity index (χ0) is 21.8. The second-order valence-electron chi connectivity index (χ2n) is 7.88. The number of hydrogen-bond acceptors (Lipinski definition) is 5. The van der Waals surface area contributed by atoms with Gasteiger partial charge in [0.05, 0.1) is 18.3 Å². The fraction of sp³-hybridized carbons (Fsp3) is 0.333. The molecule has 0 saturated carbocycles. The molecule has 1 amide bonds. The summed E-state index contributed by atoms with van der Waals surface area (Å²) in [7, 11) is -3.77. The van der Waals surface area contributed by atoms with Gasteiger partial charge in [0.25, 0.3) is 5.91 Å². The van der Waals surface area contributed by atoms with E-state index in [1.807, 2.05) is 0 Å². The lowest BCUT2D eigenvalue weighted by molar-refractivity contribution is -0.0606. The minimum Gasteiger partial charge on any atom is -0.340 e. The number of amides is 1. The quantitative estimate of drug-likeness (QED) is 0.624. The van der Waals surface area contributed by atoms with E-state index in [1.165, 1.54) is 22.6 Å². The number of pyridine rings is 1. The van der Waals surface area contributed by atoms with Crippen LogP contribution in [0.2, 0.25) is 0 Å². The number of fused-ring (bicyclic) bond motifs is 3. The first kappa shape index (κ1) is 20.1. The molecule has 0 atom stereocenters. The Balaban J connectivity index is 1.72. The first-order chi connectivity index (χ1) is 14.9. The Bertz CT molecular complexity index is 1280. The van der Waals surface area contributed by atoms with E-state index < -0.39 is 15.9 Å². The van der Waals surface area contributed by atoms with Gasteiger partial charge in [-0.2, -0.15) is 4.31 Å². The van der Waals surface area contributed by atoms with Crippen molar-refractivity contribution in [1.82, 2.24) is 18.9 Å². The molecule has 0 radical (unpaired) electrons. The lowest BCUT2D eigenvalue weighted by Crippen LogP contribution is -2.35. The van der Waals surface area contributed by atoms with Crippen molar-refractivity contribution in [3.8, 4) is 0 Å². The van der Waals surface area contributed by atoms with E-state index in [9.17, 15) is 22.8 Å². The van der Waals surface area contributed by atoms with Crippen LogP contribution in [0.4, 0.5) is 4.39 Å². The largest absolute Gasteiger partial charge is 0.340 e. The van der Waals surface area contributed by atoms with Crippen LogP contribution in [0, 0.1) is 5.82 Å². The van der Waals surface area contributed by atoms with Gasteiger partial charge in [-0.25, -0.2) is 22.9 Å². The summed E-state index contributed by atoms with van der Waals surface area (Å²) in [6, 6.07) is 6.01. The van der Waals surface area contributed by atoms with Gasteiger partial charge in [0.1, 0.15) is 16.4 Å². The number of nitrogens with zero attached hydrogens (tertiary/aromatic N) is 4. The van der Waals surface area contributed by atoms with E-state index >= 15 is 0 Å². The van der Waals surface area contributed by atoms with Crippen molar-refractivity contribution in [3.05, 3.63) is 59.3 Å². The van der Waals surface area contributed by atoms with Crippen LogP contribution in [0.15, 0.2) is 41.6 Å². The fourth-order valence-electron chi connectivity index (χ4n) is 4.36. The summed E-state index contributed by atoms with van der Waals surface area (Å²) in [5.74, 6) is -0.986. The Hall–Kier alpha value is -2.82. The molecule has 8 nitrogen and oxygen atoms in total. The summed E-state index contributed by atoms with van der Waals surface area (Å²) < 4.78 is 43.5. The highest BCUT2D eigenvalue weighted by Gasteiger charge is 2.34. The minimum absolute atomic E-state index is 0.0682. The highest BCUT2D eigenvalue weighted by Crippen LogP contribution is 2.35. The molecular weight excluding hydrogens is 423 g/mol. The van der Waals surface area contributed by atoms with Gasteiger partial charge in [-0.3, -0.25) is 10.0 Å². The van der Waals surface area contributed by atoms with Crippen LogP contribution in [0.25, 0.3) is 10.9 Å². The van der Waals surface area contributed by atoms with E-state index in [1.54, 1.807) is 22.9 Å². The van der Waals surface area contributed by atoms with Crippen molar-refractivity contribution in [1.29, 1.82) is 0 Å². The summed E-state index contributed by atoms with van der Waals surface area (Å²) in [5.41, 5.74) is 1.99. The normalized spacial score (nSPS) is 17.5. The van der Waals surface area contributed by atoms with E-state index in [0.717, 1.165) is 18.4 Å². The minimum atomic E-state index is -3.77. The third-order valence-electron chi connectivity index (χ3n) is 5.95. The summed E-state index contributed by atoms with van der Waals surface area (Å²) in [6.45, 7) is 1.32. The van der Waals surface area contributed by atoms with Crippen LogP contribution >= 0.6 is 0 Å². The average molecular weight is 444 g/mol. The summed E-state index contributed by atoms with van der Waals surface area (Å²) in [4.78, 5) is 16.8. The monoisotopic (exact) mass is 444 g/mol. The molecule has 2 aromatic heterocycles. The maximum Gasteiger partial charge on any atom is 0.296 e. The van der Waals surface area contributed by atoms with Gasteiger partial charge in [-0.15, -0.1) is 0 Å². The molecule has 1 fully saturated rings. The second-order valence-corrected chi connectivity index (χ2v) is 9.79. The first-order valence-corrected chi connectivity index (χ1v) is 11.6. The lowest BCUT2D eigenvalue weighted by Gasteiger charge is -2.23. The molecule has 5 rings (SSSR count). The third-order valence-corrected chi connectivity index (χ3v) is 7.86. The Kier molecular flexibility index (Phi) is 4.80. The van der Waals surface area contributed by atoms with Crippen molar-refractivity contribution < 1.29 is 22.8 Å². The average Bonchev–Trinajstić information content (AvgIpc) is 3.42. The molecule has 162 valence electrons. The van der Waals surface area contributed by atoms with Crippen LogP contribution in [-0.4, -0.2) is 58.1 Å². The Labute approximate surface area is 178 Å². The van der Waals surface area contributed by atoms with Gasteiger partial charge >= 0.3 is 0 Å². The standard InChI is InChI=1S/C21H21FN4O4S/c22-15-5-3-14(4-6-15)12-24-13-18(31(29,30)25-8-1-2-9-25)19-16-7-10-26(28)21(27)20(16)23-11-17(19)24/h3-6,11,13,28H,1-2,7-10,12H2.